The molecule has 3 rings (SSSR count). The van der Waals surface area contributed by atoms with Gasteiger partial charge >= 0.3 is 0 Å². The van der Waals surface area contributed by atoms with E-state index < -0.39 is 0 Å². The normalized spacial score (nSPS) is 10.9. The van der Waals surface area contributed by atoms with E-state index in [-0.39, 0.29) is 0 Å². The Hall–Kier alpha value is -1.65. The first-order valence-corrected chi connectivity index (χ1v) is 7.14. The van der Waals surface area contributed by atoms with Gasteiger partial charge in [-0.2, -0.15) is 0 Å². The van der Waals surface area contributed by atoms with Crippen molar-refractivity contribution in [2.45, 2.75) is 13.8 Å². The van der Waals surface area contributed by atoms with E-state index in [0.717, 1.165) is 17.1 Å². The van der Waals surface area contributed by atoms with Gasteiger partial charge in [0.05, 0.1) is 0 Å². The molecule has 0 unspecified atom stereocenters. The van der Waals surface area contributed by atoms with E-state index in [2.05, 4.69) is 38.9 Å². The smallest absolute Gasteiger partial charge is 0.138 e. The Morgan fingerprint density at radius 1 is 1.16 bits per heavy atom. The number of nitrogens with one attached hydrogen (secondary N) is 1. The number of hydrogen-bond acceptors (Lipinski definition) is 4. The van der Waals surface area contributed by atoms with Crippen LogP contribution in [0.25, 0.3) is 10.1 Å². The van der Waals surface area contributed by atoms with E-state index >= 15 is 0 Å². The highest BCUT2D eigenvalue weighted by Gasteiger charge is 2.08. The summed E-state index contributed by atoms with van der Waals surface area (Å²) < 4.78 is 1.28. The number of fused-ring (bicyclic) bond motifs is 1. The molecule has 0 aliphatic carbocycles. The van der Waals surface area contributed by atoms with E-state index in [4.69, 9.17) is 11.6 Å². The second kappa shape index (κ2) is 4.79. The minimum absolute atomic E-state index is 0.492. The van der Waals surface area contributed by atoms with Crippen LogP contribution in [0.2, 0.25) is 5.15 Å². The number of rotatable bonds is 2. The Balaban J connectivity index is 2.00. The van der Waals surface area contributed by atoms with Crippen LogP contribution in [0.3, 0.4) is 0 Å². The van der Waals surface area contributed by atoms with Gasteiger partial charge < -0.3 is 5.32 Å². The predicted octanol–water partition coefficient (Wildman–Crippen LogP) is 4.71. The van der Waals surface area contributed by atoms with Crippen LogP contribution >= 0.6 is 22.9 Å². The molecular weight excluding hydrogens is 278 g/mol. The highest BCUT2D eigenvalue weighted by molar-refractivity contribution is 7.17. The summed E-state index contributed by atoms with van der Waals surface area (Å²) in [5.41, 5.74) is 1.86. The Morgan fingerprint density at radius 3 is 2.84 bits per heavy atom. The minimum Gasteiger partial charge on any atom is -0.340 e. The molecule has 3 aromatic rings. The molecule has 3 nitrogen and oxygen atoms in total. The topological polar surface area (TPSA) is 37.8 Å². The molecule has 0 amide bonds. The molecule has 5 heteroatoms. The third kappa shape index (κ3) is 2.41. The maximum absolute atomic E-state index is 6.07. The van der Waals surface area contributed by atoms with Gasteiger partial charge in [0.25, 0.3) is 0 Å². The van der Waals surface area contributed by atoms with Crippen molar-refractivity contribution in [3.8, 4) is 0 Å². The minimum atomic E-state index is 0.492. The molecule has 0 spiro atoms. The van der Waals surface area contributed by atoms with E-state index in [1.54, 1.807) is 11.3 Å². The van der Waals surface area contributed by atoms with Crippen LogP contribution in [-0.2, 0) is 0 Å². The number of nitrogens with zero attached hydrogens (tertiary/aromatic N) is 2. The fourth-order valence-electron chi connectivity index (χ4n) is 1.90. The lowest BCUT2D eigenvalue weighted by molar-refractivity contribution is 1.04. The summed E-state index contributed by atoms with van der Waals surface area (Å²) in [7, 11) is 0. The molecular formula is C14H12ClN3S. The standard InChI is InChI=1S/C14H12ClN3S/c1-8-13(15)16-9(2)17-14(8)18-11-3-4-12-10(7-11)5-6-19-12/h3-7H,1-2H3,(H,16,17,18). The SMILES string of the molecule is Cc1nc(Cl)c(C)c(Nc2ccc3sccc3c2)n1. The van der Waals surface area contributed by atoms with Gasteiger partial charge in [-0.15, -0.1) is 11.3 Å². The molecule has 0 atom stereocenters. The Labute approximate surface area is 120 Å². The van der Waals surface area contributed by atoms with Crippen molar-refractivity contribution in [3.63, 3.8) is 0 Å². The lowest BCUT2D eigenvalue weighted by Crippen LogP contribution is -2.01. The Morgan fingerprint density at radius 2 is 2.00 bits per heavy atom. The molecule has 1 N–H and O–H groups in total. The lowest BCUT2D eigenvalue weighted by atomic mass is 10.2. The highest BCUT2D eigenvalue weighted by atomic mass is 35.5. The molecule has 1 aromatic carbocycles. The molecule has 0 fully saturated rings. The number of aromatic nitrogens is 2. The van der Waals surface area contributed by atoms with Crippen LogP contribution < -0.4 is 5.32 Å². The zero-order valence-corrected chi connectivity index (χ0v) is 12.1. The molecule has 19 heavy (non-hydrogen) atoms. The quantitative estimate of drug-likeness (QED) is 0.695. The zero-order chi connectivity index (χ0) is 13.4. The van der Waals surface area contributed by atoms with Crippen LogP contribution in [0.1, 0.15) is 11.4 Å². The first-order valence-electron chi connectivity index (χ1n) is 5.88. The zero-order valence-electron chi connectivity index (χ0n) is 10.6. The maximum atomic E-state index is 6.07. The molecule has 0 radical (unpaired) electrons. The number of halogens is 1. The van der Waals surface area contributed by atoms with Crippen molar-refractivity contribution >= 4 is 44.5 Å². The summed E-state index contributed by atoms with van der Waals surface area (Å²) in [5, 5.41) is 7.11. The van der Waals surface area contributed by atoms with Crippen LogP contribution in [0, 0.1) is 13.8 Å². The number of thiophene rings is 1. The summed E-state index contributed by atoms with van der Waals surface area (Å²) >= 11 is 7.81. The van der Waals surface area contributed by atoms with E-state index in [1.807, 2.05) is 19.9 Å². The summed E-state index contributed by atoms with van der Waals surface area (Å²) in [6, 6.07) is 8.36. The van der Waals surface area contributed by atoms with Crippen molar-refractivity contribution in [2.24, 2.45) is 0 Å². The van der Waals surface area contributed by atoms with Crippen molar-refractivity contribution in [1.29, 1.82) is 0 Å². The van der Waals surface area contributed by atoms with Gasteiger partial charge in [0, 0.05) is 16.0 Å². The molecule has 0 bridgehead atoms. The molecule has 0 aliphatic heterocycles. The fraction of sp³-hybridized carbons (Fsp3) is 0.143. The van der Waals surface area contributed by atoms with Crippen LogP contribution in [0.5, 0.6) is 0 Å². The third-order valence-electron chi connectivity index (χ3n) is 2.91. The highest BCUT2D eigenvalue weighted by Crippen LogP contribution is 2.27. The Kier molecular flexibility index (Phi) is 3.12. The summed E-state index contributed by atoms with van der Waals surface area (Å²) in [4.78, 5) is 8.53. The van der Waals surface area contributed by atoms with Gasteiger partial charge in [-0.25, -0.2) is 9.97 Å². The van der Waals surface area contributed by atoms with Gasteiger partial charge in [-0.1, -0.05) is 11.6 Å². The van der Waals surface area contributed by atoms with Crippen LogP contribution in [-0.4, -0.2) is 9.97 Å². The first kappa shape index (κ1) is 12.4. The number of benzene rings is 1. The van der Waals surface area contributed by atoms with Crippen molar-refractivity contribution in [2.75, 3.05) is 5.32 Å². The van der Waals surface area contributed by atoms with Crippen molar-refractivity contribution in [1.82, 2.24) is 9.97 Å². The second-order valence-electron chi connectivity index (χ2n) is 4.33. The van der Waals surface area contributed by atoms with E-state index in [9.17, 15) is 0 Å². The van der Waals surface area contributed by atoms with Crippen LogP contribution in [0.15, 0.2) is 29.6 Å². The predicted molar refractivity (Wildman–Crippen MR) is 81.6 cm³/mol. The van der Waals surface area contributed by atoms with E-state index in [0.29, 0.717) is 11.0 Å². The fourth-order valence-corrected chi connectivity index (χ4v) is 2.88. The average molecular weight is 290 g/mol. The number of hydrogen-bond donors (Lipinski definition) is 1. The van der Waals surface area contributed by atoms with Gasteiger partial charge in [0.15, 0.2) is 0 Å². The largest absolute Gasteiger partial charge is 0.340 e. The summed E-state index contributed by atoms with van der Waals surface area (Å²) in [6.07, 6.45) is 0. The monoisotopic (exact) mass is 289 g/mol. The average Bonchev–Trinajstić information content (AvgIpc) is 2.82. The molecule has 2 heterocycles. The van der Waals surface area contributed by atoms with Gasteiger partial charge in [-0.3, -0.25) is 0 Å². The molecule has 0 saturated heterocycles. The maximum Gasteiger partial charge on any atom is 0.138 e. The van der Waals surface area contributed by atoms with Gasteiger partial charge in [0.1, 0.15) is 16.8 Å². The van der Waals surface area contributed by atoms with Gasteiger partial charge in [0.2, 0.25) is 0 Å². The molecule has 0 aliphatic rings. The van der Waals surface area contributed by atoms with Crippen molar-refractivity contribution < 1.29 is 0 Å². The molecule has 96 valence electrons. The number of anilines is 2. The van der Waals surface area contributed by atoms with E-state index in [1.165, 1.54) is 10.1 Å². The lowest BCUT2D eigenvalue weighted by Gasteiger charge is -2.10. The summed E-state index contributed by atoms with van der Waals surface area (Å²) in [6.45, 7) is 3.74. The summed E-state index contributed by atoms with van der Waals surface area (Å²) in [5.74, 6) is 1.42. The first-order chi connectivity index (χ1) is 9.13. The molecule has 0 saturated carbocycles. The Bertz CT molecular complexity index is 752. The number of aryl methyl sites for hydroxylation is 1. The van der Waals surface area contributed by atoms with Gasteiger partial charge in [-0.05, 0) is 48.9 Å². The van der Waals surface area contributed by atoms with Crippen LogP contribution in [0.4, 0.5) is 11.5 Å². The second-order valence-corrected chi connectivity index (χ2v) is 5.64. The third-order valence-corrected chi connectivity index (χ3v) is 4.18. The molecule has 2 aromatic heterocycles. The van der Waals surface area contributed by atoms with Crippen molar-refractivity contribution in [3.05, 3.63) is 46.2 Å².